The minimum absolute atomic E-state index is 0.105. The molecule has 0 aliphatic carbocycles. The van der Waals surface area contributed by atoms with Crippen LogP contribution in [0.4, 0.5) is 4.39 Å². The van der Waals surface area contributed by atoms with Crippen molar-refractivity contribution < 1.29 is 14.3 Å². The highest BCUT2D eigenvalue weighted by molar-refractivity contribution is 5.87. The van der Waals surface area contributed by atoms with Crippen molar-refractivity contribution >= 4 is 5.97 Å². The van der Waals surface area contributed by atoms with E-state index in [0.717, 1.165) is 29.0 Å². The Labute approximate surface area is 106 Å². The maximum atomic E-state index is 13.8. The lowest BCUT2D eigenvalue weighted by atomic mass is 10.2. The Morgan fingerprint density at radius 1 is 1.32 bits per heavy atom. The molecule has 1 N–H and O–H groups in total. The highest BCUT2D eigenvalue weighted by atomic mass is 19.1. The molecule has 1 heterocycles. The summed E-state index contributed by atoms with van der Waals surface area (Å²) in [4.78, 5) is 22.5. The topological polar surface area (TPSA) is 83.1 Å². The molecular formula is C13H7FN2O3. The molecule has 5 nitrogen and oxygen atoms in total. The molecule has 1 aromatic carbocycles. The maximum Gasteiger partial charge on any atom is 0.337 e. The van der Waals surface area contributed by atoms with Gasteiger partial charge in [0.25, 0.3) is 5.56 Å². The van der Waals surface area contributed by atoms with Crippen LogP contribution in [0.15, 0.2) is 41.3 Å². The third-order valence-corrected chi connectivity index (χ3v) is 2.49. The van der Waals surface area contributed by atoms with Crippen LogP contribution in [0.5, 0.6) is 0 Å². The van der Waals surface area contributed by atoms with E-state index >= 15 is 0 Å². The molecule has 0 amide bonds. The van der Waals surface area contributed by atoms with Crippen molar-refractivity contribution in [2.75, 3.05) is 0 Å². The molecule has 0 spiro atoms. The van der Waals surface area contributed by atoms with E-state index in [-0.39, 0.29) is 16.8 Å². The number of aromatic carboxylic acids is 1. The number of carbonyl (C=O) groups is 1. The average molecular weight is 258 g/mol. The first-order valence-electron chi connectivity index (χ1n) is 5.19. The molecule has 0 aliphatic rings. The van der Waals surface area contributed by atoms with Gasteiger partial charge in [0.2, 0.25) is 0 Å². The summed E-state index contributed by atoms with van der Waals surface area (Å²) in [5, 5.41) is 17.5. The molecular weight excluding hydrogens is 251 g/mol. The van der Waals surface area contributed by atoms with Gasteiger partial charge in [-0.2, -0.15) is 5.26 Å². The van der Waals surface area contributed by atoms with E-state index in [1.807, 2.05) is 0 Å². The minimum atomic E-state index is -1.22. The Bertz CT molecular complexity index is 759. The third kappa shape index (κ3) is 2.35. The summed E-state index contributed by atoms with van der Waals surface area (Å²) in [5.41, 5.74) is -0.687. The SMILES string of the molecule is N#Cc1ccc(-n2cc(C(=O)O)ccc2=O)c(F)c1. The minimum Gasteiger partial charge on any atom is -0.478 e. The number of halogens is 1. The summed E-state index contributed by atoms with van der Waals surface area (Å²) in [5.74, 6) is -1.99. The number of carboxylic acids is 1. The lowest BCUT2D eigenvalue weighted by molar-refractivity contribution is 0.0696. The Morgan fingerprint density at radius 3 is 2.63 bits per heavy atom. The van der Waals surface area contributed by atoms with E-state index in [0.29, 0.717) is 0 Å². The summed E-state index contributed by atoms with van der Waals surface area (Å²) in [7, 11) is 0. The summed E-state index contributed by atoms with van der Waals surface area (Å²) >= 11 is 0. The molecule has 6 heteroatoms. The second-order valence-electron chi connectivity index (χ2n) is 3.71. The van der Waals surface area contributed by atoms with Gasteiger partial charge in [-0.05, 0) is 24.3 Å². The van der Waals surface area contributed by atoms with Crippen molar-refractivity contribution in [3.05, 3.63) is 63.8 Å². The summed E-state index contributed by atoms with van der Waals surface area (Å²) < 4.78 is 14.7. The Morgan fingerprint density at radius 2 is 2.05 bits per heavy atom. The van der Waals surface area contributed by atoms with Crippen molar-refractivity contribution in [2.45, 2.75) is 0 Å². The zero-order valence-corrected chi connectivity index (χ0v) is 9.50. The van der Waals surface area contributed by atoms with Gasteiger partial charge in [0, 0.05) is 12.3 Å². The predicted molar refractivity (Wildman–Crippen MR) is 63.7 cm³/mol. The monoisotopic (exact) mass is 258 g/mol. The van der Waals surface area contributed by atoms with E-state index < -0.39 is 17.3 Å². The molecule has 0 saturated carbocycles. The molecule has 0 saturated heterocycles. The smallest absolute Gasteiger partial charge is 0.337 e. The quantitative estimate of drug-likeness (QED) is 0.885. The molecule has 1 aromatic heterocycles. The average Bonchev–Trinajstić information content (AvgIpc) is 2.39. The van der Waals surface area contributed by atoms with Gasteiger partial charge < -0.3 is 5.11 Å². The number of hydrogen-bond donors (Lipinski definition) is 1. The summed E-state index contributed by atoms with van der Waals surface area (Å²) in [6.07, 6.45) is 1.04. The number of benzene rings is 1. The number of carboxylic acid groups (broad SMARTS) is 1. The summed E-state index contributed by atoms with van der Waals surface area (Å²) in [6.45, 7) is 0. The molecule has 19 heavy (non-hydrogen) atoms. The lowest BCUT2D eigenvalue weighted by Crippen LogP contribution is -2.19. The van der Waals surface area contributed by atoms with Gasteiger partial charge in [-0.15, -0.1) is 0 Å². The van der Waals surface area contributed by atoms with E-state index in [2.05, 4.69) is 0 Å². The van der Waals surface area contributed by atoms with Gasteiger partial charge in [-0.1, -0.05) is 0 Å². The first-order chi connectivity index (χ1) is 9.02. The Kier molecular flexibility index (Phi) is 3.12. The van der Waals surface area contributed by atoms with Crippen molar-refractivity contribution in [1.82, 2.24) is 4.57 Å². The van der Waals surface area contributed by atoms with Gasteiger partial charge in [0.1, 0.15) is 5.82 Å². The highest BCUT2D eigenvalue weighted by Crippen LogP contribution is 2.14. The molecule has 2 aromatic rings. The molecule has 94 valence electrons. The Hall–Kier alpha value is -2.94. The second kappa shape index (κ2) is 4.74. The van der Waals surface area contributed by atoms with Crippen LogP contribution in [0.3, 0.4) is 0 Å². The van der Waals surface area contributed by atoms with Gasteiger partial charge in [-0.3, -0.25) is 9.36 Å². The van der Waals surface area contributed by atoms with Crippen LogP contribution < -0.4 is 5.56 Å². The molecule has 0 bridgehead atoms. The van der Waals surface area contributed by atoms with Crippen LogP contribution in [0.25, 0.3) is 5.69 Å². The van der Waals surface area contributed by atoms with Crippen LogP contribution in [-0.4, -0.2) is 15.6 Å². The zero-order valence-electron chi connectivity index (χ0n) is 9.50. The molecule has 0 fully saturated rings. The molecule has 2 rings (SSSR count). The fraction of sp³-hybridized carbons (Fsp3) is 0. The zero-order chi connectivity index (χ0) is 14.0. The molecule has 0 atom stereocenters. The van der Waals surface area contributed by atoms with E-state index in [1.165, 1.54) is 12.1 Å². The number of pyridine rings is 1. The number of nitrogens with zero attached hydrogens (tertiary/aromatic N) is 2. The number of rotatable bonds is 2. The first-order valence-corrected chi connectivity index (χ1v) is 5.19. The number of nitriles is 1. The molecule has 0 aliphatic heterocycles. The third-order valence-electron chi connectivity index (χ3n) is 2.49. The first kappa shape index (κ1) is 12.5. The lowest BCUT2D eigenvalue weighted by Gasteiger charge is -2.07. The van der Waals surface area contributed by atoms with E-state index in [9.17, 15) is 14.0 Å². The number of hydrogen-bond acceptors (Lipinski definition) is 3. The Balaban J connectivity index is 2.65. The fourth-order valence-electron chi connectivity index (χ4n) is 1.57. The largest absolute Gasteiger partial charge is 0.478 e. The van der Waals surface area contributed by atoms with Crippen molar-refractivity contribution in [1.29, 1.82) is 5.26 Å². The highest BCUT2D eigenvalue weighted by Gasteiger charge is 2.10. The van der Waals surface area contributed by atoms with Crippen LogP contribution in [0, 0.1) is 17.1 Å². The fourth-order valence-corrected chi connectivity index (χ4v) is 1.57. The number of aromatic nitrogens is 1. The molecule has 0 unspecified atom stereocenters. The van der Waals surface area contributed by atoms with Crippen LogP contribution in [0.2, 0.25) is 0 Å². The second-order valence-corrected chi connectivity index (χ2v) is 3.71. The van der Waals surface area contributed by atoms with Gasteiger partial charge in [0.15, 0.2) is 0 Å². The van der Waals surface area contributed by atoms with Gasteiger partial charge in [-0.25, -0.2) is 9.18 Å². The summed E-state index contributed by atoms with van der Waals surface area (Å²) in [6, 6.07) is 7.53. The van der Waals surface area contributed by atoms with Crippen molar-refractivity contribution in [2.24, 2.45) is 0 Å². The van der Waals surface area contributed by atoms with Crippen molar-refractivity contribution in [3.63, 3.8) is 0 Å². The van der Waals surface area contributed by atoms with E-state index in [1.54, 1.807) is 6.07 Å². The van der Waals surface area contributed by atoms with Crippen molar-refractivity contribution in [3.8, 4) is 11.8 Å². The van der Waals surface area contributed by atoms with Crippen LogP contribution >= 0.6 is 0 Å². The van der Waals surface area contributed by atoms with Crippen LogP contribution in [0.1, 0.15) is 15.9 Å². The predicted octanol–water partition coefficient (Wildman–Crippen LogP) is 1.55. The maximum absolute atomic E-state index is 13.8. The van der Waals surface area contributed by atoms with Crippen LogP contribution in [-0.2, 0) is 0 Å². The van der Waals surface area contributed by atoms with E-state index in [4.69, 9.17) is 10.4 Å². The standard InChI is InChI=1S/C13H7FN2O3/c14-10-5-8(6-15)1-3-11(10)16-7-9(13(18)19)2-4-12(16)17/h1-5,7H,(H,18,19). The normalized spacial score (nSPS) is 9.89. The van der Waals surface area contributed by atoms with Gasteiger partial charge in [0.05, 0.1) is 22.9 Å². The van der Waals surface area contributed by atoms with Gasteiger partial charge >= 0.3 is 5.97 Å². The molecule has 0 radical (unpaired) electrons.